The van der Waals surface area contributed by atoms with Crippen LogP contribution in [0.1, 0.15) is 17.3 Å². The summed E-state index contributed by atoms with van der Waals surface area (Å²) in [7, 11) is 0. The van der Waals surface area contributed by atoms with E-state index in [1.54, 1.807) is 25.1 Å². The van der Waals surface area contributed by atoms with Crippen LogP contribution in [-0.4, -0.2) is 11.0 Å². The van der Waals surface area contributed by atoms with Crippen molar-refractivity contribution in [2.24, 2.45) is 0 Å². The maximum absolute atomic E-state index is 13.6. The van der Waals surface area contributed by atoms with Gasteiger partial charge in [0.15, 0.2) is 5.78 Å². The molecule has 2 aromatic rings. The number of thioether (sulfide) groups is 1. The summed E-state index contributed by atoms with van der Waals surface area (Å²) in [5, 5.41) is 0.265. The number of hydrogen-bond acceptors (Lipinski definition) is 2. The van der Waals surface area contributed by atoms with Crippen molar-refractivity contribution in [1.82, 2.24) is 0 Å². The van der Waals surface area contributed by atoms with E-state index in [0.29, 0.717) is 16.1 Å². The maximum atomic E-state index is 13.6. The Labute approximate surface area is 135 Å². The first kappa shape index (κ1) is 16.3. The van der Waals surface area contributed by atoms with Gasteiger partial charge in [0.25, 0.3) is 0 Å². The molecule has 0 aliphatic rings. The van der Waals surface area contributed by atoms with Gasteiger partial charge in [-0.3, -0.25) is 4.79 Å². The fourth-order valence-corrected chi connectivity index (χ4v) is 3.05. The minimum absolute atomic E-state index is 0.128. The predicted octanol–water partition coefficient (Wildman–Crippen LogP) is 5.64. The summed E-state index contributed by atoms with van der Waals surface area (Å²) in [6.45, 7) is 1.65. The lowest BCUT2D eigenvalue weighted by Gasteiger charge is -2.11. The Morgan fingerprint density at radius 2 is 1.81 bits per heavy atom. The van der Waals surface area contributed by atoms with Gasteiger partial charge < -0.3 is 0 Å². The topological polar surface area (TPSA) is 17.1 Å². The minimum atomic E-state index is -0.860. The monoisotopic (exact) mass is 346 g/mol. The molecule has 0 bridgehead atoms. The Morgan fingerprint density at radius 3 is 2.43 bits per heavy atom. The van der Waals surface area contributed by atoms with Crippen molar-refractivity contribution in [2.45, 2.75) is 17.1 Å². The summed E-state index contributed by atoms with van der Waals surface area (Å²) >= 11 is 13.0. The molecule has 2 aromatic carbocycles. The number of halogens is 4. The van der Waals surface area contributed by atoms with Crippen LogP contribution in [0.25, 0.3) is 0 Å². The van der Waals surface area contributed by atoms with Crippen molar-refractivity contribution in [3.63, 3.8) is 0 Å². The van der Waals surface area contributed by atoms with Gasteiger partial charge in [-0.05, 0) is 37.3 Å². The molecule has 0 aromatic heterocycles. The zero-order valence-corrected chi connectivity index (χ0v) is 13.2. The van der Waals surface area contributed by atoms with E-state index in [0.717, 1.165) is 17.0 Å². The lowest BCUT2D eigenvalue weighted by Crippen LogP contribution is -2.15. The Bertz CT molecular complexity index is 691. The van der Waals surface area contributed by atoms with Crippen LogP contribution in [0.4, 0.5) is 8.78 Å². The smallest absolute Gasteiger partial charge is 0.178 e. The molecule has 0 aliphatic heterocycles. The van der Waals surface area contributed by atoms with Gasteiger partial charge in [-0.1, -0.05) is 23.2 Å². The number of carbonyl (C=O) groups is 1. The quantitative estimate of drug-likeness (QED) is 0.526. The highest BCUT2D eigenvalue weighted by molar-refractivity contribution is 8.00. The highest BCUT2D eigenvalue weighted by atomic mass is 35.5. The molecule has 0 heterocycles. The molecule has 110 valence electrons. The van der Waals surface area contributed by atoms with Crippen molar-refractivity contribution >= 4 is 40.7 Å². The molecular formula is C15H10Cl2F2OS. The third-order valence-electron chi connectivity index (χ3n) is 2.77. The highest BCUT2D eigenvalue weighted by Gasteiger charge is 2.20. The molecule has 0 N–H and O–H groups in total. The van der Waals surface area contributed by atoms with Crippen LogP contribution in [0.3, 0.4) is 0 Å². The summed E-state index contributed by atoms with van der Waals surface area (Å²) in [6.07, 6.45) is 0. The molecular weight excluding hydrogens is 337 g/mol. The van der Waals surface area contributed by atoms with E-state index in [1.807, 2.05) is 0 Å². The lowest BCUT2D eigenvalue weighted by molar-refractivity contribution is 0.0990. The van der Waals surface area contributed by atoms with E-state index >= 15 is 0 Å². The fraction of sp³-hybridized carbons (Fsp3) is 0.133. The van der Waals surface area contributed by atoms with E-state index < -0.39 is 22.7 Å². The number of carbonyl (C=O) groups excluding carboxylic acids is 1. The summed E-state index contributed by atoms with van der Waals surface area (Å²) < 4.78 is 26.5. The van der Waals surface area contributed by atoms with Crippen LogP contribution in [0, 0.1) is 11.6 Å². The Balaban J connectivity index is 2.17. The first-order valence-corrected chi connectivity index (χ1v) is 7.63. The van der Waals surface area contributed by atoms with E-state index in [-0.39, 0.29) is 5.56 Å². The van der Waals surface area contributed by atoms with Gasteiger partial charge in [-0.2, -0.15) is 0 Å². The van der Waals surface area contributed by atoms with E-state index in [9.17, 15) is 13.6 Å². The molecule has 0 aliphatic carbocycles. The number of Topliss-reactive ketones (excluding diaryl/α,β-unsaturated/α-hetero) is 1. The molecule has 2 rings (SSSR count). The Hall–Kier alpha value is -1.10. The average Bonchev–Trinajstić information content (AvgIpc) is 2.42. The normalized spacial score (nSPS) is 12.2. The summed E-state index contributed by atoms with van der Waals surface area (Å²) in [5.74, 6) is -1.99. The summed E-state index contributed by atoms with van der Waals surface area (Å²) in [6, 6.07) is 7.90. The lowest BCUT2D eigenvalue weighted by atomic mass is 10.1. The largest absolute Gasteiger partial charge is 0.293 e. The van der Waals surface area contributed by atoms with Gasteiger partial charge >= 0.3 is 0 Å². The number of benzene rings is 2. The van der Waals surface area contributed by atoms with Gasteiger partial charge in [0, 0.05) is 11.0 Å². The Morgan fingerprint density at radius 1 is 1.10 bits per heavy atom. The molecule has 0 spiro atoms. The first-order chi connectivity index (χ1) is 9.88. The standard InChI is InChI=1S/C15H10Cl2F2OS/c1-8(21-10-3-5-12(16)13(17)7-10)15(20)11-4-2-9(18)6-14(11)19/h2-8H,1H3. The second-order valence-corrected chi connectivity index (χ2v) is 6.55. The van der Waals surface area contributed by atoms with Crippen molar-refractivity contribution in [1.29, 1.82) is 0 Å². The molecule has 0 amide bonds. The van der Waals surface area contributed by atoms with E-state index in [4.69, 9.17) is 23.2 Å². The van der Waals surface area contributed by atoms with Gasteiger partial charge in [0.05, 0.1) is 20.9 Å². The zero-order chi connectivity index (χ0) is 15.6. The van der Waals surface area contributed by atoms with Gasteiger partial charge in [-0.15, -0.1) is 11.8 Å². The molecule has 1 nitrogen and oxygen atoms in total. The number of ketones is 1. The predicted molar refractivity (Wildman–Crippen MR) is 82.5 cm³/mol. The third kappa shape index (κ3) is 3.96. The SMILES string of the molecule is CC(Sc1ccc(Cl)c(Cl)c1)C(=O)c1ccc(F)cc1F. The second-order valence-electron chi connectivity index (χ2n) is 4.32. The molecule has 0 saturated heterocycles. The molecule has 1 atom stereocenters. The molecule has 6 heteroatoms. The van der Waals surface area contributed by atoms with Crippen LogP contribution < -0.4 is 0 Å². The van der Waals surface area contributed by atoms with Gasteiger partial charge in [-0.25, -0.2) is 8.78 Å². The molecule has 0 radical (unpaired) electrons. The van der Waals surface area contributed by atoms with Crippen molar-refractivity contribution in [3.05, 3.63) is 63.6 Å². The second kappa shape index (κ2) is 6.77. The van der Waals surface area contributed by atoms with Crippen LogP contribution in [0.15, 0.2) is 41.3 Å². The Kier molecular flexibility index (Phi) is 5.25. The number of rotatable bonds is 4. The van der Waals surface area contributed by atoms with Crippen LogP contribution in [0.2, 0.25) is 10.0 Å². The van der Waals surface area contributed by atoms with Crippen LogP contribution in [0.5, 0.6) is 0 Å². The molecule has 1 unspecified atom stereocenters. The first-order valence-electron chi connectivity index (χ1n) is 5.99. The molecule has 21 heavy (non-hydrogen) atoms. The third-order valence-corrected chi connectivity index (χ3v) is 4.60. The van der Waals surface area contributed by atoms with Crippen molar-refractivity contribution in [2.75, 3.05) is 0 Å². The fourth-order valence-electron chi connectivity index (χ4n) is 1.72. The molecule has 0 saturated carbocycles. The molecule has 0 fully saturated rings. The summed E-state index contributed by atoms with van der Waals surface area (Å²) in [4.78, 5) is 12.9. The van der Waals surface area contributed by atoms with E-state index in [1.165, 1.54) is 11.8 Å². The van der Waals surface area contributed by atoms with Crippen molar-refractivity contribution < 1.29 is 13.6 Å². The average molecular weight is 347 g/mol. The number of hydrogen-bond donors (Lipinski definition) is 0. The maximum Gasteiger partial charge on any atom is 0.178 e. The van der Waals surface area contributed by atoms with Gasteiger partial charge in [0.1, 0.15) is 11.6 Å². The summed E-state index contributed by atoms with van der Waals surface area (Å²) in [5.41, 5.74) is -0.128. The van der Waals surface area contributed by atoms with Crippen LogP contribution >= 0.6 is 35.0 Å². The highest BCUT2D eigenvalue weighted by Crippen LogP contribution is 2.31. The van der Waals surface area contributed by atoms with Crippen LogP contribution in [-0.2, 0) is 0 Å². The minimum Gasteiger partial charge on any atom is -0.293 e. The zero-order valence-electron chi connectivity index (χ0n) is 10.9. The van der Waals surface area contributed by atoms with E-state index in [2.05, 4.69) is 0 Å². The van der Waals surface area contributed by atoms with Gasteiger partial charge in [0.2, 0.25) is 0 Å². The van der Waals surface area contributed by atoms with Crippen molar-refractivity contribution in [3.8, 4) is 0 Å².